The zero-order valence-corrected chi connectivity index (χ0v) is 10.8. The first kappa shape index (κ1) is 14.3. The third-order valence-corrected chi connectivity index (χ3v) is 3.66. The summed E-state index contributed by atoms with van der Waals surface area (Å²) in [5, 5.41) is 9.79. The molecule has 2 rings (SSSR count). The number of hydrogen-bond donors (Lipinski definition) is 1. The Bertz CT molecular complexity index is 433. The highest BCUT2D eigenvalue weighted by atomic mass is 19.4. The fourth-order valence-electron chi connectivity index (χ4n) is 2.36. The molecule has 19 heavy (non-hydrogen) atoms. The zero-order chi connectivity index (χ0) is 14.0. The Morgan fingerprint density at radius 3 is 2.74 bits per heavy atom. The average molecular weight is 273 g/mol. The predicted molar refractivity (Wildman–Crippen MR) is 66.5 cm³/mol. The van der Waals surface area contributed by atoms with Gasteiger partial charge in [0, 0.05) is 13.1 Å². The van der Waals surface area contributed by atoms with Crippen molar-refractivity contribution in [1.29, 1.82) is 0 Å². The van der Waals surface area contributed by atoms with E-state index in [1.807, 2.05) is 11.8 Å². The van der Waals surface area contributed by atoms with Crippen molar-refractivity contribution in [2.75, 3.05) is 13.1 Å². The lowest BCUT2D eigenvalue weighted by molar-refractivity contribution is -0.137. The molecule has 2 unspecified atom stereocenters. The molecule has 5 heteroatoms. The Morgan fingerprint density at radius 1 is 1.37 bits per heavy atom. The molecular weight excluding hydrogens is 255 g/mol. The molecule has 106 valence electrons. The summed E-state index contributed by atoms with van der Waals surface area (Å²) in [7, 11) is 0. The number of hydrogen-bond acceptors (Lipinski definition) is 2. The molecule has 1 aromatic rings. The first-order valence-electron chi connectivity index (χ1n) is 6.43. The highest BCUT2D eigenvalue weighted by Gasteiger charge is 2.30. The topological polar surface area (TPSA) is 23.5 Å². The number of aliphatic hydroxyl groups excluding tert-OH is 1. The normalized spacial score (nSPS) is 25.5. The summed E-state index contributed by atoms with van der Waals surface area (Å²) in [4.78, 5) is 2.00. The summed E-state index contributed by atoms with van der Waals surface area (Å²) >= 11 is 0. The summed E-state index contributed by atoms with van der Waals surface area (Å²) < 4.78 is 37.8. The van der Waals surface area contributed by atoms with E-state index in [0.717, 1.165) is 19.0 Å². The fraction of sp³-hybridized carbons (Fsp3) is 0.571. The van der Waals surface area contributed by atoms with Gasteiger partial charge >= 0.3 is 6.18 Å². The number of β-amino-alcohol motifs (C(OH)–C–C–N with tert-alkyl or cyclic N) is 1. The third kappa shape index (κ3) is 3.70. The van der Waals surface area contributed by atoms with Crippen molar-refractivity contribution < 1.29 is 18.3 Å². The van der Waals surface area contributed by atoms with Gasteiger partial charge < -0.3 is 5.11 Å². The van der Waals surface area contributed by atoms with Crippen LogP contribution in [-0.2, 0) is 12.7 Å². The van der Waals surface area contributed by atoms with Gasteiger partial charge in [-0.2, -0.15) is 13.2 Å². The van der Waals surface area contributed by atoms with Crippen LogP contribution >= 0.6 is 0 Å². The van der Waals surface area contributed by atoms with E-state index in [-0.39, 0.29) is 12.0 Å². The van der Waals surface area contributed by atoms with Crippen LogP contribution < -0.4 is 0 Å². The molecule has 0 spiro atoms. The molecule has 1 aliphatic rings. The van der Waals surface area contributed by atoms with E-state index in [0.29, 0.717) is 18.7 Å². The lowest BCUT2D eigenvalue weighted by Gasteiger charge is -2.34. The summed E-state index contributed by atoms with van der Waals surface area (Å²) in [6, 6.07) is 5.39. The molecule has 0 radical (unpaired) electrons. The molecule has 0 aromatic heterocycles. The summed E-state index contributed by atoms with van der Waals surface area (Å²) in [6.07, 6.45) is -3.81. The van der Waals surface area contributed by atoms with Gasteiger partial charge in [0.05, 0.1) is 11.7 Å². The smallest absolute Gasteiger partial charge is 0.392 e. The Balaban J connectivity index is 2.04. The van der Waals surface area contributed by atoms with Crippen molar-refractivity contribution in [2.24, 2.45) is 5.92 Å². The number of nitrogens with zero attached hydrogens (tertiary/aromatic N) is 1. The van der Waals surface area contributed by atoms with Gasteiger partial charge in [-0.1, -0.05) is 25.1 Å². The number of rotatable bonds is 2. The molecule has 1 heterocycles. The summed E-state index contributed by atoms with van der Waals surface area (Å²) in [6.45, 7) is 3.78. The average Bonchev–Trinajstić information content (AvgIpc) is 2.33. The van der Waals surface area contributed by atoms with E-state index in [1.54, 1.807) is 6.07 Å². The van der Waals surface area contributed by atoms with Crippen molar-refractivity contribution in [3.05, 3.63) is 35.4 Å². The van der Waals surface area contributed by atoms with Gasteiger partial charge in [0.1, 0.15) is 0 Å². The number of benzene rings is 1. The van der Waals surface area contributed by atoms with Crippen molar-refractivity contribution in [1.82, 2.24) is 4.90 Å². The monoisotopic (exact) mass is 273 g/mol. The van der Waals surface area contributed by atoms with Gasteiger partial charge in [0.2, 0.25) is 0 Å². The maximum absolute atomic E-state index is 12.6. The Hall–Kier alpha value is -1.07. The van der Waals surface area contributed by atoms with Gasteiger partial charge in [-0.3, -0.25) is 4.90 Å². The molecule has 1 N–H and O–H groups in total. The zero-order valence-electron chi connectivity index (χ0n) is 10.8. The molecule has 2 nitrogen and oxygen atoms in total. The van der Waals surface area contributed by atoms with Crippen LogP contribution in [0.25, 0.3) is 0 Å². The molecule has 0 amide bonds. The lowest BCUT2D eigenvalue weighted by Crippen LogP contribution is -2.42. The van der Waals surface area contributed by atoms with E-state index in [1.165, 1.54) is 12.1 Å². The maximum atomic E-state index is 12.6. The molecule has 1 saturated heterocycles. The highest BCUT2D eigenvalue weighted by molar-refractivity contribution is 5.25. The molecule has 2 atom stereocenters. The van der Waals surface area contributed by atoms with E-state index >= 15 is 0 Å². The van der Waals surface area contributed by atoms with Crippen LogP contribution in [0.5, 0.6) is 0 Å². The number of piperidine rings is 1. The molecule has 0 saturated carbocycles. The second kappa shape index (κ2) is 5.51. The Labute approximate surface area is 110 Å². The predicted octanol–water partition coefficient (Wildman–Crippen LogP) is 2.91. The number of likely N-dealkylation sites (tertiary alicyclic amines) is 1. The molecule has 1 fully saturated rings. The largest absolute Gasteiger partial charge is 0.416 e. The van der Waals surface area contributed by atoms with Crippen LogP contribution in [0.4, 0.5) is 13.2 Å². The van der Waals surface area contributed by atoms with Crippen molar-refractivity contribution >= 4 is 0 Å². The molecule has 1 aliphatic heterocycles. The van der Waals surface area contributed by atoms with Crippen LogP contribution in [0.15, 0.2) is 24.3 Å². The number of halogens is 3. The second-order valence-corrected chi connectivity index (χ2v) is 5.27. The lowest BCUT2D eigenvalue weighted by atomic mass is 9.95. The van der Waals surface area contributed by atoms with Crippen LogP contribution in [0.1, 0.15) is 24.5 Å². The maximum Gasteiger partial charge on any atom is 0.416 e. The molecular formula is C14H18F3NO. The first-order valence-corrected chi connectivity index (χ1v) is 6.43. The highest BCUT2D eigenvalue weighted by Crippen LogP contribution is 2.30. The van der Waals surface area contributed by atoms with E-state index < -0.39 is 11.7 Å². The Kier molecular flexibility index (Phi) is 4.16. The van der Waals surface area contributed by atoms with Gasteiger partial charge in [0.25, 0.3) is 0 Å². The van der Waals surface area contributed by atoms with Crippen LogP contribution in [-0.4, -0.2) is 29.2 Å². The quantitative estimate of drug-likeness (QED) is 0.895. The van der Waals surface area contributed by atoms with Gasteiger partial charge in [-0.25, -0.2) is 0 Å². The minimum atomic E-state index is -4.30. The first-order chi connectivity index (χ1) is 8.86. The fourth-order valence-corrected chi connectivity index (χ4v) is 2.36. The number of aliphatic hydroxyl groups is 1. The van der Waals surface area contributed by atoms with Crippen LogP contribution in [0.3, 0.4) is 0 Å². The SMILES string of the molecule is CC1CCN(Cc2cccc(C(F)(F)F)c2)CC1O. The number of alkyl halides is 3. The second-order valence-electron chi connectivity index (χ2n) is 5.27. The summed E-state index contributed by atoms with van der Waals surface area (Å²) in [5.74, 6) is 0.262. The molecule has 1 aromatic carbocycles. The molecule has 0 aliphatic carbocycles. The van der Waals surface area contributed by atoms with Crippen LogP contribution in [0, 0.1) is 5.92 Å². The van der Waals surface area contributed by atoms with Crippen molar-refractivity contribution in [3.63, 3.8) is 0 Å². The van der Waals surface area contributed by atoms with E-state index in [4.69, 9.17) is 0 Å². The van der Waals surface area contributed by atoms with E-state index in [2.05, 4.69) is 0 Å². The van der Waals surface area contributed by atoms with Crippen molar-refractivity contribution in [3.8, 4) is 0 Å². The minimum Gasteiger partial charge on any atom is -0.392 e. The summed E-state index contributed by atoms with van der Waals surface area (Å²) in [5.41, 5.74) is 0.0208. The minimum absolute atomic E-state index is 0.262. The van der Waals surface area contributed by atoms with Gasteiger partial charge in [-0.05, 0) is 30.5 Å². The van der Waals surface area contributed by atoms with Gasteiger partial charge in [0.15, 0.2) is 0 Å². The standard InChI is InChI=1S/C14H18F3NO/c1-10-5-6-18(9-13(10)19)8-11-3-2-4-12(7-11)14(15,16)17/h2-4,7,10,13,19H,5-6,8-9H2,1H3. The van der Waals surface area contributed by atoms with Crippen LogP contribution in [0.2, 0.25) is 0 Å². The van der Waals surface area contributed by atoms with Crippen molar-refractivity contribution in [2.45, 2.75) is 32.2 Å². The Morgan fingerprint density at radius 2 is 2.11 bits per heavy atom. The third-order valence-electron chi connectivity index (χ3n) is 3.66. The molecule has 0 bridgehead atoms. The van der Waals surface area contributed by atoms with E-state index in [9.17, 15) is 18.3 Å². The van der Waals surface area contributed by atoms with Gasteiger partial charge in [-0.15, -0.1) is 0 Å².